The molecule has 17 heavy (non-hydrogen) atoms. The molecule has 1 saturated carbocycles. The lowest BCUT2D eigenvalue weighted by Gasteiger charge is -2.48. The molecule has 0 aromatic carbocycles. The van der Waals surface area contributed by atoms with Gasteiger partial charge in [-0.2, -0.15) is 0 Å². The maximum atomic E-state index is 12.4. The number of carbonyl (C=O) groups excluding carboxylic acids is 1. The largest absolute Gasteiger partial charge is 0.342 e. The van der Waals surface area contributed by atoms with E-state index in [-0.39, 0.29) is 5.92 Å². The van der Waals surface area contributed by atoms with Crippen LogP contribution in [0.2, 0.25) is 0 Å². The molecule has 1 aliphatic heterocycles. The van der Waals surface area contributed by atoms with Crippen molar-refractivity contribution in [3.8, 4) is 0 Å². The summed E-state index contributed by atoms with van der Waals surface area (Å²) in [6.07, 6.45) is 10.7. The van der Waals surface area contributed by atoms with Crippen molar-refractivity contribution in [2.75, 3.05) is 13.1 Å². The van der Waals surface area contributed by atoms with Gasteiger partial charge < -0.3 is 4.90 Å². The second-order valence-corrected chi connectivity index (χ2v) is 6.22. The Morgan fingerprint density at radius 2 is 1.82 bits per heavy atom. The highest BCUT2D eigenvalue weighted by molar-refractivity contribution is 5.80. The highest BCUT2D eigenvalue weighted by Gasteiger charge is 2.41. The normalized spacial score (nSPS) is 34.3. The summed E-state index contributed by atoms with van der Waals surface area (Å²) < 4.78 is 0. The average molecular weight is 233 g/mol. The van der Waals surface area contributed by atoms with Gasteiger partial charge in [0.2, 0.25) is 5.91 Å². The Morgan fingerprint density at radius 1 is 1.12 bits per heavy atom. The van der Waals surface area contributed by atoms with Gasteiger partial charge in [-0.1, -0.05) is 38.3 Å². The van der Waals surface area contributed by atoms with E-state index in [1.165, 1.54) is 19.3 Å². The van der Waals surface area contributed by atoms with E-state index in [2.05, 4.69) is 24.0 Å². The van der Waals surface area contributed by atoms with E-state index in [1.54, 1.807) is 0 Å². The fourth-order valence-corrected chi connectivity index (χ4v) is 3.43. The van der Waals surface area contributed by atoms with E-state index < -0.39 is 0 Å². The van der Waals surface area contributed by atoms with Gasteiger partial charge in [0.25, 0.3) is 0 Å². The summed E-state index contributed by atoms with van der Waals surface area (Å²) in [6, 6.07) is 0. The van der Waals surface area contributed by atoms with Crippen molar-refractivity contribution in [2.45, 2.75) is 39.0 Å². The summed E-state index contributed by atoms with van der Waals surface area (Å²) in [6.45, 7) is 4.32. The SMILES string of the molecule is C[C@@H]1CC=CC[C@H]1C(=O)N1CC(C2CCC2)C1. The Labute approximate surface area is 104 Å². The van der Waals surface area contributed by atoms with Gasteiger partial charge in [-0.3, -0.25) is 4.79 Å². The molecule has 2 nitrogen and oxygen atoms in total. The van der Waals surface area contributed by atoms with Crippen molar-refractivity contribution in [2.24, 2.45) is 23.7 Å². The van der Waals surface area contributed by atoms with Crippen molar-refractivity contribution in [3.63, 3.8) is 0 Å². The van der Waals surface area contributed by atoms with Gasteiger partial charge in [0.1, 0.15) is 0 Å². The first-order valence-electron chi connectivity index (χ1n) is 7.19. The molecule has 94 valence electrons. The van der Waals surface area contributed by atoms with Crippen LogP contribution in [0.1, 0.15) is 39.0 Å². The molecule has 0 bridgehead atoms. The molecule has 0 N–H and O–H groups in total. The summed E-state index contributed by atoms with van der Waals surface area (Å²) >= 11 is 0. The number of carbonyl (C=O) groups is 1. The zero-order valence-corrected chi connectivity index (χ0v) is 10.8. The van der Waals surface area contributed by atoms with Crippen molar-refractivity contribution in [1.82, 2.24) is 4.90 Å². The molecule has 0 spiro atoms. The average Bonchev–Trinajstić information content (AvgIpc) is 2.19. The molecule has 2 fully saturated rings. The number of amides is 1. The molecule has 3 rings (SSSR count). The van der Waals surface area contributed by atoms with Crippen LogP contribution in [0, 0.1) is 23.7 Å². The van der Waals surface area contributed by atoms with E-state index in [0.29, 0.717) is 11.8 Å². The molecule has 0 radical (unpaired) electrons. The van der Waals surface area contributed by atoms with E-state index in [0.717, 1.165) is 37.8 Å². The Morgan fingerprint density at radius 3 is 2.41 bits per heavy atom. The van der Waals surface area contributed by atoms with Crippen LogP contribution in [0.4, 0.5) is 0 Å². The number of nitrogens with zero attached hydrogens (tertiary/aromatic N) is 1. The van der Waals surface area contributed by atoms with E-state index >= 15 is 0 Å². The monoisotopic (exact) mass is 233 g/mol. The third-order valence-electron chi connectivity index (χ3n) is 5.11. The second kappa shape index (κ2) is 4.47. The van der Waals surface area contributed by atoms with Gasteiger partial charge in [-0.15, -0.1) is 0 Å². The predicted molar refractivity (Wildman–Crippen MR) is 68.4 cm³/mol. The van der Waals surface area contributed by atoms with Crippen LogP contribution in [0.25, 0.3) is 0 Å². The van der Waals surface area contributed by atoms with Crippen LogP contribution >= 0.6 is 0 Å². The third kappa shape index (κ3) is 2.02. The van der Waals surface area contributed by atoms with Gasteiger partial charge in [0.15, 0.2) is 0 Å². The molecule has 1 amide bonds. The quantitative estimate of drug-likeness (QED) is 0.672. The first kappa shape index (κ1) is 11.3. The molecule has 0 unspecified atom stereocenters. The summed E-state index contributed by atoms with van der Waals surface area (Å²) in [5, 5.41) is 0. The Kier molecular flexibility index (Phi) is 2.97. The lowest BCUT2D eigenvalue weighted by Crippen LogP contribution is -2.56. The summed E-state index contributed by atoms with van der Waals surface area (Å²) in [7, 11) is 0. The van der Waals surface area contributed by atoms with Gasteiger partial charge in [0, 0.05) is 19.0 Å². The first-order chi connectivity index (χ1) is 8.25. The Bertz CT molecular complexity index is 326. The number of likely N-dealkylation sites (tertiary alicyclic amines) is 1. The minimum atomic E-state index is 0.266. The lowest BCUT2D eigenvalue weighted by molar-refractivity contribution is -0.146. The van der Waals surface area contributed by atoms with Crippen LogP contribution in [-0.2, 0) is 4.79 Å². The molecule has 2 atom stereocenters. The maximum Gasteiger partial charge on any atom is 0.226 e. The van der Waals surface area contributed by atoms with Crippen molar-refractivity contribution in [1.29, 1.82) is 0 Å². The number of rotatable bonds is 2. The van der Waals surface area contributed by atoms with Crippen LogP contribution in [0.15, 0.2) is 12.2 Å². The van der Waals surface area contributed by atoms with Gasteiger partial charge in [-0.25, -0.2) is 0 Å². The van der Waals surface area contributed by atoms with E-state index in [9.17, 15) is 4.79 Å². The summed E-state index contributed by atoms with van der Waals surface area (Å²) in [4.78, 5) is 14.5. The van der Waals surface area contributed by atoms with Crippen molar-refractivity contribution >= 4 is 5.91 Å². The molecule has 1 heterocycles. The smallest absolute Gasteiger partial charge is 0.226 e. The Balaban J connectivity index is 1.52. The van der Waals surface area contributed by atoms with Crippen LogP contribution < -0.4 is 0 Å². The number of hydrogen-bond acceptors (Lipinski definition) is 1. The molecule has 0 aromatic rings. The first-order valence-corrected chi connectivity index (χ1v) is 7.19. The molecule has 2 aliphatic carbocycles. The molecule has 1 saturated heterocycles. The lowest BCUT2D eigenvalue weighted by atomic mass is 9.72. The standard InChI is InChI=1S/C15H23NO/c1-11-5-2-3-8-14(11)15(17)16-9-13(10-16)12-6-4-7-12/h2-3,11-14H,4-10H2,1H3/t11-,14-/m1/s1. The molecule has 3 aliphatic rings. The summed E-state index contributed by atoms with van der Waals surface area (Å²) in [5.74, 6) is 3.01. The maximum absolute atomic E-state index is 12.4. The fourth-order valence-electron chi connectivity index (χ4n) is 3.43. The highest BCUT2D eigenvalue weighted by Crippen LogP contribution is 2.39. The van der Waals surface area contributed by atoms with Crippen LogP contribution in [0.3, 0.4) is 0 Å². The molecular weight excluding hydrogens is 210 g/mol. The third-order valence-corrected chi connectivity index (χ3v) is 5.11. The van der Waals surface area contributed by atoms with Crippen LogP contribution in [-0.4, -0.2) is 23.9 Å². The Hall–Kier alpha value is -0.790. The number of allylic oxidation sites excluding steroid dienone is 2. The van der Waals surface area contributed by atoms with Crippen LogP contribution in [0.5, 0.6) is 0 Å². The second-order valence-electron chi connectivity index (χ2n) is 6.22. The minimum Gasteiger partial charge on any atom is -0.342 e. The van der Waals surface area contributed by atoms with E-state index in [1.807, 2.05) is 0 Å². The van der Waals surface area contributed by atoms with Gasteiger partial charge in [-0.05, 0) is 30.6 Å². The fraction of sp³-hybridized carbons (Fsp3) is 0.800. The van der Waals surface area contributed by atoms with Gasteiger partial charge in [0.05, 0.1) is 0 Å². The topological polar surface area (TPSA) is 20.3 Å². The number of hydrogen-bond donors (Lipinski definition) is 0. The predicted octanol–water partition coefficient (Wildman–Crippen LogP) is 2.85. The highest BCUT2D eigenvalue weighted by atomic mass is 16.2. The van der Waals surface area contributed by atoms with Crippen molar-refractivity contribution < 1.29 is 4.79 Å². The molecular formula is C15H23NO. The zero-order chi connectivity index (χ0) is 11.8. The molecule has 0 aromatic heterocycles. The minimum absolute atomic E-state index is 0.266. The molecule has 2 heteroatoms. The summed E-state index contributed by atoms with van der Waals surface area (Å²) in [5.41, 5.74) is 0. The van der Waals surface area contributed by atoms with Crippen molar-refractivity contribution in [3.05, 3.63) is 12.2 Å². The zero-order valence-electron chi connectivity index (χ0n) is 10.8. The van der Waals surface area contributed by atoms with E-state index in [4.69, 9.17) is 0 Å². The van der Waals surface area contributed by atoms with Gasteiger partial charge >= 0.3 is 0 Å².